The van der Waals surface area contributed by atoms with Gasteiger partial charge in [0.05, 0.1) is 16.4 Å². The van der Waals surface area contributed by atoms with Crippen molar-refractivity contribution in [1.29, 1.82) is 0 Å². The van der Waals surface area contributed by atoms with Gasteiger partial charge in [-0.25, -0.2) is 15.0 Å². The first-order chi connectivity index (χ1) is 7.92. The van der Waals surface area contributed by atoms with Crippen LogP contribution in [-0.2, 0) is 0 Å². The van der Waals surface area contributed by atoms with Gasteiger partial charge in [-0.2, -0.15) is 0 Å². The van der Waals surface area contributed by atoms with Crippen molar-refractivity contribution in [1.82, 2.24) is 9.97 Å². The first-order valence-electron chi connectivity index (χ1n) is 4.71. The maximum atomic E-state index is 4.46. The summed E-state index contributed by atoms with van der Waals surface area (Å²) in [5.74, 6) is 0. The number of nitrogens with zero attached hydrogens (tertiary/aromatic N) is 3. The maximum Gasteiger partial charge on any atom is 0.209 e. The van der Waals surface area contributed by atoms with Crippen molar-refractivity contribution in [3.8, 4) is 0 Å². The summed E-state index contributed by atoms with van der Waals surface area (Å²) >= 11 is 3.15. The predicted molar refractivity (Wildman–Crippen MR) is 69.0 cm³/mol. The molecule has 78 valence electrons. The van der Waals surface area contributed by atoms with Gasteiger partial charge < -0.3 is 0 Å². The molecule has 16 heavy (non-hydrogen) atoms. The Labute approximate surface area is 100 Å². The van der Waals surface area contributed by atoms with Gasteiger partial charge in [0.25, 0.3) is 0 Å². The van der Waals surface area contributed by atoms with Crippen molar-refractivity contribution in [3.63, 3.8) is 0 Å². The van der Waals surface area contributed by atoms with Gasteiger partial charge in [-0.3, -0.25) is 0 Å². The highest BCUT2D eigenvalue weighted by atomic mass is 32.1. The van der Waals surface area contributed by atoms with Crippen molar-refractivity contribution in [2.75, 3.05) is 0 Å². The quantitative estimate of drug-likeness (QED) is 0.648. The standard InChI is InChI=1S/C11H7N3S2/c1-2-4-9-8(3-1)14-10(16-9)7-13-11-12-5-6-15-11/h1-7H/b13-7+. The van der Waals surface area contributed by atoms with Gasteiger partial charge in [0.15, 0.2) is 0 Å². The SMILES string of the molecule is C(=N\c1nccs1)/c1nc2ccccc2s1. The largest absolute Gasteiger partial charge is 0.235 e. The smallest absolute Gasteiger partial charge is 0.209 e. The van der Waals surface area contributed by atoms with Crippen LogP contribution in [0.4, 0.5) is 5.13 Å². The van der Waals surface area contributed by atoms with Crippen molar-refractivity contribution < 1.29 is 0 Å². The van der Waals surface area contributed by atoms with Crippen molar-refractivity contribution in [2.45, 2.75) is 0 Å². The minimum atomic E-state index is 0.763. The molecule has 0 unspecified atom stereocenters. The van der Waals surface area contributed by atoms with E-state index in [4.69, 9.17) is 0 Å². The topological polar surface area (TPSA) is 38.1 Å². The Bertz CT molecular complexity index is 593. The number of benzene rings is 1. The average molecular weight is 245 g/mol. The van der Waals surface area contributed by atoms with Gasteiger partial charge >= 0.3 is 0 Å². The van der Waals surface area contributed by atoms with Crippen molar-refractivity contribution in [2.24, 2.45) is 4.99 Å². The van der Waals surface area contributed by atoms with Crippen molar-refractivity contribution >= 4 is 44.2 Å². The van der Waals surface area contributed by atoms with Gasteiger partial charge in [-0.15, -0.1) is 22.7 Å². The molecule has 0 saturated heterocycles. The Hall–Kier alpha value is -1.59. The number of rotatable bonds is 2. The molecule has 3 nitrogen and oxygen atoms in total. The second-order valence-electron chi connectivity index (χ2n) is 3.09. The van der Waals surface area contributed by atoms with Crippen LogP contribution in [0.5, 0.6) is 0 Å². The fraction of sp³-hybridized carbons (Fsp3) is 0. The third kappa shape index (κ3) is 1.87. The Morgan fingerprint density at radius 3 is 3.00 bits per heavy atom. The third-order valence-corrected chi connectivity index (χ3v) is 3.67. The third-order valence-electron chi connectivity index (χ3n) is 2.02. The number of para-hydroxylation sites is 1. The van der Waals surface area contributed by atoms with Crippen molar-refractivity contribution in [3.05, 3.63) is 40.8 Å². The molecule has 0 saturated carbocycles. The minimum absolute atomic E-state index is 0.763. The van der Waals surface area contributed by atoms with Gasteiger partial charge in [0, 0.05) is 11.6 Å². The summed E-state index contributed by atoms with van der Waals surface area (Å²) in [6, 6.07) is 8.08. The second kappa shape index (κ2) is 4.11. The lowest BCUT2D eigenvalue weighted by Gasteiger charge is -1.81. The minimum Gasteiger partial charge on any atom is -0.235 e. The Kier molecular flexibility index (Phi) is 2.47. The van der Waals surface area contributed by atoms with E-state index in [9.17, 15) is 0 Å². The molecule has 0 atom stereocenters. The van der Waals surface area contributed by atoms with Crippen LogP contribution < -0.4 is 0 Å². The van der Waals surface area contributed by atoms with E-state index in [1.807, 2.05) is 23.6 Å². The Morgan fingerprint density at radius 1 is 1.25 bits per heavy atom. The summed E-state index contributed by atoms with van der Waals surface area (Å²) in [4.78, 5) is 12.8. The Balaban J connectivity index is 1.95. The molecular formula is C11H7N3S2. The molecule has 3 aromatic rings. The molecule has 0 fully saturated rings. The van der Waals surface area contributed by atoms with E-state index in [1.165, 1.54) is 16.0 Å². The molecule has 2 heterocycles. The molecule has 2 aromatic heterocycles. The molecule has 3 rings (SSSR count). The lowest BCUT2D eigenvalue weighted by molar-refractivity contribution is 1.36. The highest BCUT2D eigenvalue weighted by Crippen LogP contribution is 2.21. The number of hydrogen-bond acceptors (Lipinski definition) is 5. The summed E-state index contributed by atoms with van der Waals surface area (Å²) < 4.78 is 1.18. The van der Waals surface area contributed by atoms with Crippen LogP contribution in [0.25, 0.3) is 10.2 Å². The van der Waals surface area contributed by atoms with Crippen LogP contribution in [-0.4, -0.2) is 16.2 Å². The van der Waals surface area contributed by atoms with E-state index in [1.54, 1.807) is 23.7 Å². The van der Waals surface area contributed by atoms with Gasteiger partial charge in [0.2, 0.25) is 5.13 Å². The number of aliphatic imine (C=N–C) groups is 1. The molecule has 0 radical (unpaired) electrons. The van der Waals surface area contributed by atoms with E-state index in [0.29, 0.717) is 0 Å². The van der Waals surface area contributed by atoms with E-state index in [2.05, 4.69) is 21.0 Å². The summed E-state index contributed by atoms with van der Waals surface area (Å²) in [5, 5.41) is 3.58. The predicted octanol–water partition coefficient (Wildman–Crippen LogP) is 3.50. The van der Waals surface area contributed by atoms with Crippen LogP contribution >= 0.6 is 22.7 Å². The molecule has 0 aliphatic carbocycles. The molecule has 0 aliphatic rings. The van der Waals surface area contributed by atoms with Gasteiger partial charge in [0.1, 0.15) is 5.01 Å². The number of thiazole rings is 2. The van der Waals surface area contributed by atoms with Crippen LogP contribution in [0.1, 0.15) is 5.01 Å². The molecule has 0 N–H and O–H groups in total. The van der Waals surface area contributed by atoms with Gasteiger partial charge in [-0.05, 0) is 12.1 Å². The van der Waals surface area contributed by atoms with Crippen LogP contribution in [0.15, 0.2) is 40.8 Å². The molecule has 1 aromatic carbocycles. The maximum absolute atomic E-state index is 4.46. The zero-order chi connectivity index (χ0) is 10.8. The zero-order valence-corrected chi connectivity index (χ0v) is 9.83. The number of hydrogen-bond donors (Lipinski definition) is 0. The molecule has 0 aliphatic heterocycles. The second-order valence-corrected chi connectivity index (χ2v) is 5.03. The molecule has 0 bridgehead atoms. The van der Waals surface area contributed by atoms with Crippen LogP contribution in [0.2, 0.25) is 0 Å². The lowest BCUT2D eigenvalue weighted by Crippen LogP contribution is -1.76. The summed E-state index contributed by atoms with van der Waals surface area (Å²) in [7, 11) is 0. The molecular weight excluding hydrogens is 238 g/mol. The fourth-order valence-corrected chi connectivity index (χ4v) is 2.65. The molecule has 5 heteroatoms. The zero-order valence-electron chi connectivity index (χ0n) is 8.20. The summed E-state index contributed by atoms with van der Waals surface area (Å²) in [5.41, 5.74) is 1.02. The first kappa shape index (κ1) is 9.62. The van der Waals surface area contributed by atoms with E-state index in [-0.39, 0.29) is 0 Å². The van der Waals surface area contributed by atoms with E-state index >= 15 is 0 Å². The fourth-order valence-electron chi connectivity index (χ4n) is 1.34. The molecule has 0 spiro atoms. The molecule has 0 amide bonds. The summed E-state index contributed by atoms with van der Waals surface area (Å²) in [6.07, 6.45) is 3.51. The van der Waals surface area contributed by atoms with E-state index in [0.717, 1.165) is 15.7 Å². The Morgan fingerprint density at radius 2 is 2.19 bits per heavy atom. The highest BCUT2D eigenvalue weighted by molar-refractivity contribution is 7.20. The van der Waals surface area contributed by atoms with Gasteiger partial charge in [-0.1, -0.05) is 12.1 Å². The number of fused-ring (bicyclic) bond motifs is 1. The normalized spacial score (nSPS) is 11.5. The van der Waals surface area contributed by atoms with E-state index < -0.39 is 0 Å². The monoisotopic (exact) mass is 245 g/mol. The average Bonchev–Trinajstić information content (AvgIpc) is 2.95. The lowest BCUT2D eigenvalue weighted by atomic mass is 10.3. The first-order valence-corrected chi connectivity index (χ1v) is 6.40. The number of aromatic nitrogens is 2. The highest BCUT2D eigenvalue weighted by Gasteiger charge is 2.00. The van der Waals surface area contributed by atoms with Crippen LogP contribution in [0.3, 0.4) is 0 Å². The van der Waals surface area contributed by atoms with Crippen LogP contribution in [0, 0.1) is 0 Å². The summed E-state index contributed by atoms with van der Waals surface area (Å²) in [6.45, 7) is 0.